The van der Waals surface area contributed by atoms with Crippen LogP contribution in [0.2, 0.25) is 0 Å². The summed E-state index contributed by atoms with van der Waals surface area (Å²) in [5.74, 6) is 1.81. The molecular weight excluding hydrogens is 204 g/mol. The summed E-state index contributed by atoms with van der Waals surface area (Å²) < 4.78 is 15.9. The molecule has 80 valence electrons. The minimum Gasteiger partial charge on any atom is -0.376 e. The molecule has 0 amide bonds. The third-order valence-corrected chi connectivity index (χ3v) is 6.66. The molecule has 0 aromatic carbocycles. The van der Waals surface area contributed by atoms with Crippen LogP contribution in [-0.2, 0) is 13.3 Å². The predicted octanol–water partition coefficient (Wildman–Crippen LogP) is 1.79. The standard InChI is InChI=1S/C8H20O3SSi/c1-8(2)6-12-7-13(9-3,10-4)11-5/h8H,6-7H2,1-5H3. The molecule has 0 aromatic heterocycles. The van der Waals surface area contributed by atoms with Crippen LogP contribution in [0.3, 0.4) is 0 Å². The van der Waals surface area contributed by atoms with Crippen LogP contribution in [0.1, 0.15) is 13.8 Å². The van der Waals surface area contributed by atoms with Gasteiger partial charge in [-0.3, -0.25) is 0 Å². The van der Waals surface area contributed by atoms with E-state index in [1.807, 2.05) is 11.8 Å². The molecule has 0 aliphatic heterocycles. The van der Waals surface area contributed by atoms with E-state index in [1.165, 1.54) is 0 Å². The normalized spacial score (nSPS) is 12.5. The second kappa shape index (κ2) is 6.84. The van der Waals surface area contributed by atoms with Gasteiger partial charge in [0.25, 0.3) is 0 Å². The molecule has 5 heteroatoms. The lowest BCUT2D eigenvalue weighted by molar-refractivity contribution is 0.130. The third kappa shape index (κ3) is 5.02. The highest BCUT2D eigenvalue weighted by Gasteiger charge is 2.37. The van der Waals surface area contributed by atoms with Crippen molar-refractivity contribution in [1.82, 2.24) is 0 Å². The molecule has 13 heavy (non-hydrogen) atoms. The molecule has 0 heterocycles. The van der Waals surface area contributed by atoms with Gasteiger partial charge in [0.05, 0.1) is 5.38 Å². The quantitative estimate of drug-likeness (QED) is 0.616. The van der Waals surface area contributed by atoms with E-state index in [4.69, 9.17) is 13.3 Å². The van der Waals surface area contributed by atoms with Crippen molar-refractivity contribution in [2.45, 2.75) is 13.8 Å². The molecule has 0 atom stereocenters. The zero-order valence-electron chi connectivity index (χ0n) is 9.12. The SMILES string of the molecule is CO[Si](CSCC(C)C)(OC)OC. The van der Waals surface area contributed by atoms with Gasteiger partial charge in [-0.2, -0.15) is 11.8 Å². The van der Waals surface area contributed by atoms with Crippen molar-refractivity contribution >= 4 is 20.6 Å². The van der Waals surface area contributed by atoms with Gasteiger partial charge in [-0.1, -0.05) is 13.8 Å². The summed E-state index contributed by atoms with van der Waals surface area (Å²) in [6.45, 7) is 4.39. The first-order chi connectivity index (χ1) is 6.10. The lowest BCUT2D eigenvalue weighted by Gasteiger charge is -2.24. The van der Waals surface area contributed by atoms with Gasteiger partial charge in [0.2, 0.25) is 0 Å². The van der Waals surface area contributed by atoms with Gasteiger partial charge in [0.15, 0.2) is 0 Å². The van der Waals surface area contributed by atoms with Crippen LogP contribution < -0.4 is 0 Å². The van der Waals surface area contributed by atoms with Crippen LogP contribution in [0.4, 0.5) is 0 Å². The van der Waals surface area contributed by atoms with Crippen LogP contribution >= 0.6 is 11.8 Å². The van der Waals surface area contributed by atoms with E-state index < -0.39 is 8.80 Å². The largest absolute Gasteiger partial charge is 0.510 e. The Morgan fingerprint density at radius 1 is 1.08 bits per heavy atom. The monoisotopic (exact) mass is 224 g/mol. The molecular formula is C8H20O3SSi. The Bertz CT molecular complexity index is 120. The molecule has 0 aliphatic carbocycles. The molecule has 0 saturated heterocycles. The third-order valence-electron chi connectivity index (χ3n) is 1.66. The zero-order chi connectivity index (χ0) is 10.3. The zero-order valence-corrected chi connectivity index (χ0v) is 10.9. The van der Waals surface area contributed by atoms with Crippen molar-refractivity contribution in [1.29, 1.82) is 0 Å². The smallest absolute Gasteiger partial charge is 0.376 e. The van der Waals surface area contributed by atoms with E-state index in [0.29, 0.717) is 5.92 Å². The summed E-state index contributed by atoms with van der Waals surface area (Å²) in [5, 5.41) is 0.828. The molecule has 0 N–H and O–H groups in total. The summed E-state index contributed by atoms with van der Waals surface area (Å²) in [5.41, 5.74) is 0. The Labute approximate surface area is 86.5 Å². The van der Waals surface area contributed by atoms with E-state index in [2.05, 4.69) is 13.8 Å². The van der Waals surface area contributed by atoms with Crippen molar-refractivity contribution < 1.29 is 13.3 Å². The minimum absolute atomic E-state index is 0.697. The van der Waals surface area contributed by atoms with Gasteiger partial charge in [-0.05, 0) is 11.7 Å². The Kier molecular flexibility index (Phi) is 7.07. The minimum atomic E-state index is -2.32. The van der Waals surface area contributed by atoms with Crippen LogP contribution in [0.25, 0.3) is 0 Å². The molecule has 0 spiro atoms. The van der Waals surface area contributed by atoms with Crippen molar-refractivity contribution in [3.63, 3.8) is 0 Å². The van der Waals surface area contributed by atoms with Crippen LogP contribution in [0.5, 0.6) is 0 Å². The average molecular weight is 224 g/mol. The predicted molar refractivity (Wildman–Crippen MR) is 58.9 cm³/mol. The highest BCUT2D eigenvalue weighted by molar-refractivity contribution is 8.00. The molecule has 0 aromatic rings. The number of thioether (sulfide) groups is 1. The van der Waals surface area contributed by atoms with Crippen LogP contribution in [-0.4, -0.2) is 41.3 Å². The number of rotatable bonds is 7. The maximum Gasteiger partial charge on any atom is 0.510 e. The second-order valence-electron chi connectivity index (χ2n) is 3.20. The van der Waals surface area contributed by atoms with Gasteiger partial charge in [-0.15, -0.1) is 0 Å². The van der Waals surface area contributed by atoms with Crippen molar-refractivity contribution in [3.05, 3.63) is 0 Å². The summed E-state index contributed by atoms with van der Waals surface area (Å²) in [6, 6.07) is 0. The highest BCUT2D eigenvalue weighted by atomic mass is 32.2. The lowest BCUT2D eigenvalue weighted by Crippen LogP contribution is -2.46. The molecule has 0 unspecified atom stereocenters. The molecule has 0 rings (SSSR count). The van der Waals surface area contributed by atoms with Crippen molar-refractivity contribution in [2.75, 3.05) is 32.5 Å². The molecule has 0 saturated carbocycles. The summed E-state index contributed by atoms with van der Waals surface area (Å²) in [7, 11) is 2.62. The fraction of sp³-hybridized carbons (Fsp3) is 1.00. The number of hydrogen-bond acceptors (Lipinski definition) is 4. The summed E-state index contributed by atoms with van der Waals surface area (Å²) in [6.07, 6.45) is 0. The van der Waals surface area contributed by atoms with Crippen molar-refractivity contribution in [3.8, 4) is 0 Å². The first-order valence-corrected chi connectivity index (χ1v) is 7.42. The molecule has 0 radical (unpaired) electrons. The molecule has 0 fully saturated rings. The Morgan fingerprint density at radius 3 is 1.85 bits per heavy atom. The summed E-state index contributed by atoms with van der Waals surface area (Å²) >= 11 is 1.83. The topological polar surface area (TPSA) is 27.7 Å². The van der Waals surface area contributed by atoms with E-state index >= 15 is 0 Å². The Morgan fingerprint density at radius 2 is 1.54 bits per heavy atom. The van der Waals surface area contributed by atoms with Gasteiger partial charge in [0, 0.05) is 21.3 Å². The first kappa shape index (κ1) is 13.4. The Balaban J connectivity index is 3.81. The van der Waals surface area contributed by atoms with E-state index in [-0.39, 0.29) is 0 Å². The van der Waals surface area contributed by atoms with Gasteiger partial charge in [0.1, 0.15) is 0 Å². The molecule has 0 bridgehead atoms. The number of hydrogen-bond donors (Lipinski definition) is 0. The first-order valence-electron chi connectivity index (χ1n) is 4.33. The molecule has 0 aliphatic rings. The van der Waals surface area contributed by atoms with Gasteiger partial charge < -0.3 is 13.3 Å². The van der Waals surface area contributed by atoms with E-state index in [9.17, 15) is 0 Å². The van der Waals surface area contributed by atoms with E-state index in [1.54, 1.807) is 21.3 Å². The molecule has 3 nitrogen and oxygen atoms in total. The van der Waals surface area contributed by atoms with Crippen LogP contribution in [0, 0.1) is 5.92 Å². The second-order valence-corrected chi connectivity index (χ2v) is 7.69. The maximum absolute atomic E-state index is 5.29. The van der Waals surface area contributed by atoms with E-state index in [0.717, 1.165) is 11.1 Å². The lowest BCUT2D eigenvalue weighted by atomic mass is 10.3. The average Bonchev–Trinajstić information content (AvgIpc) is 2.13. The van der Waals surface area contributed by atoms with Crippen molar-refractivity contribution in [2.24, 2.45) is 5.92 Å². The van der Waals surface area contributed by atoms with Crippen LogP contribution in [0.15, 0.2) is 0 Å². The maximum atomic E-state index is 5.29. The fourth-order valence-electron chi connectivity index (χ4n) is 0.846. The fourth-order valence-corrected chi connectivity index (χ4v) is 4.70. The van der Waals surface area contributed by atoms with Gasteiger partial charge >= 0.3 is 8.80 Å². The Hall–Kier alpha value is 0.447. The van der Waals surface area contributed by atoms with Gasteiger partial charge in [-0.25, -0.2) is 0 Å². The highest BCUT2D eigenvalue weighted by Crippen LogP contribution is 2.16. The summed E-state index contributed by atoms with van der Waals surface area (Å²) in [4.78, 5) is 0.